The number of benzene rings is 3. The van der Waals surface area contributed by atoms with E-state index in [1.165, 1.54) is 21.9 Å². The van der Waals surface area contributed by atoms with E-state index in [1.54, 1.807) is 14.2 Å². The summed E-state index contributed by atoms with van der Waals surface area (Å²) in [4.78, 5) is 5.08. The predicted molar refractivity (Wildman–Crippen MR) is 119 cm³/mol. The van der Waals surface area contributed by atoms with Gasteiger partial charge in [0.2, 0.25) is 0 Å². The molecule has 1 heterocycles. The first-order valence-electron chi connectivity index (χ1n) is 10.3. The van der Waals surface area contributed by atoms with Crippen LogP contribution in [0.3, 0.4) is 0 Å². The quantitative estimate of drug-likeness (QED) is 0.619. The smallest absolute Gasteiger partial charge is 0.129 e. The fourth-order valence-electron chi connectivity index (χ4n) is 4.38. The van der Waals surface area contributed by atoms with E-state index >= 15 is 0 Å². The summed E-state index contributed by atoms with van der Waals surface area (Å²) in [6.07, 6.45) is 0. The number of hydrogen-bond donors (Lipinski definition) is 0. The maximum atomic E-state index is 5.68. The molecule has 4 nitrogen and oxygen atoms in total. The summed E-state index contributed by atoms with van der Waals surface area (Å²) in [6.45, 7) is 8.29. The lowest BCUT2D eigenvalue weighted by Gasteiger charge is -2.35. The van der Waals surface area contributed by atoms with Crippen LogP contribution in [0.5, 0.6) is 11.5 Å². The number of ether oxygens (including phenoxy) is 2. The maximum Gasteiger partial charge on any atom is 0.129 e. The number of methoxy groups -OCH3 is 2. The van der Waals surface area contributed by atoms with Crippen molar-refractivity contribution in [1.82, 2.24) is 9.80 Å². The molecule has 29 heavy (non-hydrogen) atoms. The van der Waals surface area contributed by atoms with Crippen molar-refractivity contribution in [2.24, 2.45) is 0 Å². The van der Waals surface area contributed by atoms with Crippen molar-refractivity contribution < 1.29 is 9.47 Å². The minimum Gasteiger partial charge on any atom is -0.496 e. The van der Waals surface area contributed by atoms with Crippen molar-refractivity contribution in [3.63, 3.8) is 0 Å². The second-order valence-corrected chi connectivity index (χ2v) is 7.78. The van der Waals surface area contributed by atoms with Crippen LogP contribution in [-0.2, 0) is 13.1 Å². The second kappa shape index (κ2) is 8.85. The van der Waals surface area contributed by atoms with Gasteiger partial charge in [0.1, 0.15) is 11.5 Å². The van der Waals surface area contributed by atoms with Gasteiger partial charge in [0, 0.05) is 50.4 Å². The van der Waals surface area contributed by atoms with Gasteiger partial charge in [0.25, 0.3) is 0 Å². The molecule has 0 unspecified atom stereocenters. The molecule has 0 aliphatic carbocycles. The van der Waals surface area contributed by atoms with E-state index in [-0.39, 0.29) is 0 Å². The molecule has 0 spiro atoms. The van der Waals surface area contributed by atoms with Gasteiger partial charge in [-0.1, -0.05) is 48.5 Å². The Kier molecular flexibility index (Phi) is 6.02. The summed E-state index contributed by atoms with van der Waals surface area (Å²) in [6, 6.07) is 19.5. The van der Waals surface area contributed by atoms with Crippen LogP contribution in [-0.4, -0.2) is 50.2 Å². The summed E-state index contributed by atoms with van der Waals surface area (Å²) in [5.41, 5.74) is 3.72. The van der Waals surface area contributed by atoms with E-state index in [1.807, 2.05) is 6.07 Å². The lowest BCUT2D eigenvalue weighted by atomic mass is 10.0. The number of nitrogens with zero attached hydrogens (tertiary/aromatic N) is 2. The van der Waals surface area contributed by atoms with Gasteiger partial charge in [-0.15, -0.1) is 0 Å². The molecule has 0 atom stereocenters. The minimum absolute atomic E-state index is 0.880. The Balaban J connectivity index is 1.39. The first kappa shape index (κ1) is 19.7. The molecular weight excluding hydrogens is 360 g/mol. The molecular formula is C25H30N2O2. The van der Waals surface area contributed by atoms with Crippen molar-refractivity contribution in [2.45, 2.75) is 20.0 Å². The first-order valence-corrected chi connectivity index (χ1v) is 10.3. The van der Waals surface area contributed by atoms with E-state index < -0.39 is 0 Å². The molecule has 3 aromatic carbocycles. The van der Waals surface area contributed by atoms with Gasteiger partial charge < -0.3 is 9.47 Å². The van der Waals surface area contributed by atoms with Gasteiger partial charge >= 0.3 is 0 Å². The van der Waals surface area contributed by atoms with E-state index in [2.05, 4.69) is 65.3 Å². The zero-order valence-corrected chi connectivity index (χ0v) is 17.6. The molecule has 152 valence electrons. The summed E-state index contributed by atoms with van der Waals surface area (Å²) < 4.78 is 11.1. The lowest BCUT2D eigenvalue weighted by molar-refractivity contribution is 0.121. The van der Waals surface area contributed by atoms with Crippen molar-refractivity contribution in [3.8, 4) is 11.5 Å². The fourth-order valence-corrected chi connectivity index (χ4v) is 4.38. The van der Waals surface area contributed by atoms with E-state index in [9.17, 15) is 0 Å². The van der Waals surface area contributed by atoms with E-state index in [0.717, 1.165) is 56.3 Å². The molecule has 0 saturated carbocycles. The highest BCUT2D eigenvalue weighted by Gasteiger charge is 2.20. The number of hydrogen-bond acceptors (Lipinski definition) is 4. The Bertz CT molecular complexity index is 972. The SMILES string of the molecule is COc1ccc(CN2CCN(Cc3cccc4ccccc34)CC2)c(OC)c1C. The van der Waals surface area contributed by atoms with Gasteiger partial charge in [-0.05, 0) is 29.3 Å². The Labute approximate surface area is 173 Å². The van der Waals surface area contributed by atoms with Gasteiger partial charge in [-0.25, -0.2) is 0 Å². The molecule has 4 heteroatoms. The zero-order chi connectivity index (χ0) is 20.2. The Morgan fingerprint density at radius 1 is 0.724 bits per heavy atom. The summed E-state index contributed by atoms with van der Waals surface area (Å²) >= 11 is 0. The third-order valence-corrected chi connectivity index (χ3v) is 5.99. The first-order chi connectivity index (χ1) is 14.2. The van der Waals surface area contributed by atoms with Crippen LogP contribution in [0, 0.1) is 6.92 Å². The summed E-state index contributed by atoms with van der Waals surface area (Å²) in [7, 11) is 3.45. The number of fused-ring (bicyclic) bond motifs is 1. The van der Waals surface area contributed by atoms with Crippen molar-refractivity contribution in [3.05, 3.63) is 71.3 Å². The van der Waals surface area contributed by atoms with Gasteiger partial charge in [0.15, 0.2) is 0 Å². The molecule has 0 aromatic heterocycles. The molecule has 1 fully saturated rings. The highest BCUT2D eigenvalue weighted by Crippen LogP contribution is 2.32. The maximum absolute atomic E-state index is 5.68. The van der Waals surface area contributed by atoms with E-state index in [0.29, 0.717) is 0 Å². The van der Waals surface area contributed by atoms with Crippen LogP contribution >= 0.6 is 0 Å². The lowest BCUT2D eigenvalue weighted by Crippen LogP contribution is -2.45. The van der Waals surface area contributed by atoms with E-state index in [4.69, 9.17) is 9.47 Å². The van der Waals surface area contributed by atoms with Gasteiger partial charge in [-0.3, -0.25) is 9.80 Å². The van der Waals surface area contributed by atoms with Crippen molar-refractivity contribution in [1.29, 1.82) is 0 Å². The topological polar surface area (TPSA) is 24.9 Å². The average molecular weight is 391 g/mol. The van der Waals surface area contributed by atoms with Crippen LogP contribution in [0.2, 0.25) is 0 Å². The molecule has 0 N–H and O–H groups in total. The summed E-state index contributed by atoms with van der Waals surface area (Å²) in [5.74, 6) is 1.83. The Hall–Kier alpha value is -2.56. The highest BCUT2D eigenvalue weighted by molar-refractivity contribution is 5.85. The number of piperazine rings is 1. The zero-order valence-electron chi connectivity index (χ0n) is 17.6. The third kappa shape index (κ3) is 4.24. The molecule has 1 aliphatic heterocycles. The molecule has 1 saturated heterocycles. The normalized spacial score (nSPS) is 15.6. The van der Waals surface area contributed by atoms with Crippen LogP contribution < -0.4 is 9.47 Å². The highest BCUT2D eigenvalue weighted by atomic mass is 16.5. The molecule has 1 aliphatic rings. The molecule has 3 aromatic rings. The van der Waals surface area contributed by atoms with Crippen molar-refractivity contribution in [2.75, 3.05) is 40.4 Å². The largest absolute Gasteiger partial charge is 0.496 e. The predicted octanol–water partition coefficient (Wildman–Crippen LogP) is 4.48. The average Bonchev–Trinajstić information content (AvgIpc) is 2.76. The fraction of sp³-hybridized carbons (Fsp3) is 0.360. The molecule has 0 radical (unpaired) electrons. The standard InChI is InChI=1S/C25H30N2O2/c1-19-24(28-2)12-11-22(25(19)29-3)18-27-15-13-26(14-16-27)17-21-9-6-8-20-7-4-5-10-23(20)21/h4-12H,13-18H2,1-3H3. The van der Waals surface area contributed by atoms with Crippen molar-refractivity contribution >= 4 is 10.8 Å². The monoisotopic (exact) mass is 390 g/mol. The molecule has 0 bridgehead atoms. The molecule has 4 rings (SSSR count). The van der Waals surface area contributed by atoms with Gasteiger partial charge in [-0.2, -0.15) is 0 Å². The summed E-state index contributed by atoms with van der Waals surface area (Å²) in [5, 5.41) is 2.70. The Morgan fingerprint density at radius 3 is 2.07 bits per heavy atom. The van der Waals surface area contributed by atoms with Crippen LogP contribution in [0.1, 0.15) is 16.7 Å². The van der Waals surface area contributed by atoms with Crippen LogP contribution in [0.15, 0.2) is 54.6 Å². The minimum atomic E-state index is 0.880. The van der Waals surface area contributed by atoms with Crippen LogP contribution in [0.25, 0.3) is 10.8 Å². The number of rotatable bonds is 6. The molecule has 0 amide bonds. The van der Waals surface area contributed by atoms with Crippen LogP contribution in [0.4, 0.5) is 0 Å². The second-order valence-electron chi connectivity index (χ2n) is 7.78. The van der Waals surface area contributed by atoms with Gasteiger partial charge in [0.05, 0.1) is 14.2 Å². The third-order valence-electron chi connectivity index (χ3n) is 5.99. The Morgan fingerprint density at radius 2 is 1.38 bits per heavy atom.